The van der Waals surface area contributed by atoms with Gasteiger partial charge in [-0.25, -0.2) is 9.37 Å². The number of carbonyl (C=O) groups is 1. The van der Waals surface area contributed by atoms with E-state index < -0.39 is 5.82 Å². The second-order valence-corrected chi connectivity index (χ2v) is 5.72. The van der Waals surface area contributed by atoms with Gasteiger partial charge in [0.15, 0.2) is 12.3 Å². The van der Waals surface area contributed by atoms with Crippen molar-refractivity contribution in [1.29, 1.82) is 0 Å². The summed E-state index contributed by atoms with van der Waals surface area (Å²) in [6.07, 6.45) is 2.97. The molecule has 6 nitrogen and oxygen atoms in total. The van der Waals surface area contributed by atoms with Crippen molar-refractivity contribution in [3.63, 3.8) is 0 Å². The van der Waals surface area contributed by atoms with Crippen LogP contribution in [0, 0.1) is 5.82 Å². The molecule has 0 N–H and O–H groups in total. The van der Waals surface area contributed by atoms with Crippen molar-refractivity contribution in [2.45, 2.75) is 19.6 Å². The van der Waals surface area contributed by atoms with Gasteiger partial charge in [0.2, 0.25) is 5.89 Å². The Morgan fingerprint density at radius 3 is 2.88 bits per heavy atom. The molecule has 1 atom stereocenters. The number of carbonyl (C=O) groups excluding carboxylic acids is 1. The molecule has 2 heterocycles. The number of pyridine rings is 1. The van der Waals surface area contributed by atoms with Crippen molar-refractivity contribution in [3.05, 3.63) is 78.0 Å². The van der Waals surface area contributed by atoms with E-state index >= 15 is 0 Å². The normalized spacial score (nSPS) is 11.8. The van der Waals surface area contributed by atoms with Gasteiger partial charge in [-0.1, -0.05) is 12.1 Å². The molecule has 0 saturated heterocycles. The van der Waals surface area contributed by atoms with E-state index in [1.54, 1.807) is 25.4 Å². The molecule has 0 saturated carbocycles. The van der Waals surface area contributed by atoms with E-state index in [1.807, 2.05) is 25.1 Å². The molecule has 26 heavy (non-hydrogen) atoms. The van der Waals surface area contributed by atoms with Gasteiger partial charge in [0.1, 0.15) is 17.8 Å². The highest BCUT2D eigenvalue weighted by atomic mass is 19.1. The number of oxazole rings is 1. The lowest BCUT2D eigenvalue weighted by atomic mass is 10.2. The Morgan fingerprint density at radius 2 is 2.15 bits per heavy atom. The van der Waals surface area contributed by atoms with Crippen LogP contribution in [0.4, 0.5) is 4.39 Å². The maximum Gasteiger partial charge on any atom is 0.276 e. The summed E-state index contributed by atoms with van der Waals surface area (Å²) in [7, 11) is 1.68. The molecule has 2 aromatic heterocycles. The summed E-state index contributed by atoms with van der Waals surface area (Å²) < 4.78 is 23.8. The number of halogens is 1. The second-order valence-electron chi connectivity index (χ2n) is 5.72. The number of hydrogen-bond acceptors (Lipinski definition) is 5. The van der Waals surface area contributed by atoms with Gasteiger partial charge in [0.05, 0.1) is 11.7 Å². The molecule has 0 aliphatic rings. The summed E-state index contributed by atoms with van der Waals surface area (Å²) in [6.45, 7) is 1.88. The number of nitrogens with zero attached hydrogens (tertiary/aromatic N) is 3. The number of aromatic nitrogens is 2. The Labute approximate surface area is 150 Å². The molecule has 0 aliphatic carbocycles. The van der Waals surface area contributed by atoms with Crippen molar-refractivity contribution in [2.24, 2.45) is 0 Å². The zero-order valence-corrected chi connectivity index (χ0v) is 14.4. The number of hydrogen-bond donors (Lipinski definition) is 0. The standard InChI is InChI=1S/C19H18FN3O3/c1-13(16-8-3-4-9-21-16)23(2)19(24)17-11-26-18(22-17)12-25-15-7-5-6-14(20)10-15/h3-11,13H,12H2,1-2H3/t13-/m1/s1. The average Bonchev–Trinajstić information content (AvgIpc) is 3.14. The van der Waals surface area contributed by atoms with Gasteiger partial charge >= 0.3 is 0 Å². The first-order chi connectivity index (χ1) is 12.5. The fourth-order valence-corrected chi connectivity index (χ4v) is 2.36. The van der Waals surface area contributed by atoms with Gasteiger partial charge in [-0.15, -0.1) is 0 Å². The molecule has 3 rings (SSSR count). The summed E-state index contributed by atoms with van der Waals surface area (Å²) in [4.78, 5) is 22.5. The quantitative estimate of drug-likeness (QED) is 0.675. The average molecular weight is 355 g/mol. The van der Waals surface area contributed by atoms with E-state index in [-0.39, 0.29) is 30.1 Å². The van der Waals surface area contributed by atoms with Crippen molar-refractivity contribution >= 4 is 5.91 Å². The third-order valence-electron chi connectivity index (χ3n) is 3.95. The molecule has 0 fully saturated rings. The predicted octanol–water partition coefficient (Wildman–Crippen LogP) is 3.62. The highest BCUT2D eigenvalue weighted by Crippen LogP contribution is 2.19. The van der Waals surface area contributed by atoms with Crippen LogP contribution < -0.4 is 4.74 Å². The van der Waals surface area contributed by atoms with E-state index in [2.05, 4.69) is 9.97 Å². The first-order valence-electron chi connectivity index (χ1n) is 8.05. The van der Waals surface area contributed by atoms with Crippen LogP contribution in [-0.4, -0.2) is 27.8 Å². The predicted molar refractivity (Wildman–Crippen MR) is 92.0 cm³/mol. The summed E-state index contributed by atoms with van der Waals surface area (Å²) in [6, 6.07) is 11.1. The van der Waals surface area contributed by atoms with E-state index in [0.717, 1.165) is 5.69 Å². The van der Waals surface area contributed by atoms with Gasteiger partial charge in [-0.2, -0.15) is 0 Å². The number of amides is 1. The fraction of sp³-hybridized carbons (Fsp3) is 0.211. The van der Waals surface area contributed by atoms with Crippen molar-refractivity contribution in [2.75, 3.05) is 7.05 Å². The lowest BCUT2D eigenvalue weighted by Crippen LogP contribution is -2.30. The Balaban J connectivity index is 1.64. The van der Waals surface area contributed by atoms with Gasteiger partial charge in [0.25, 0.3) is 5.91 Å². The third-order valence-corrected chi connectivity index (χ3v) is 3.95. The molecular weight excluding hydrogens is 337 g/mol. The van der Waals surface area contributed by atoms with E-state index in [1.165, 1.54) is 23.3 Å². The highest BCUT2D eigenvalue weighted by Gasteiger charge is 2.22. The van der Waals surface area contributed by atoms with Gasteiger partial charge in [-0.3, -0.25) is 9.78 Å². The number of benzene rings is 1. The number of rotatable bonds is 6. The van der Waals surface area contributed by atoms with Crippen molar-refractivity contribution in [1.82, 2.24) is 14.9 Å². The molecular formula is C19H18FN3O3. The van der Waals surface area contributed by atoms with Crippen LogP contribution in [-0.2, 0) is 6.61 Å². The molecule has 0 radical (unpaired) electrons. The summed E-state index contributed by atoms with van der Waals surface area (Å²) >= 11 is 0. The summed E-state index contributed by atoms with van der Waals surface area (Å²) in [5, 5.41) is 0. The second kappa shape index (κ2) is 7.77. The zero-order valence-electron chi connectivity index (χ0n) is 14.4. The first-order valence-corrected chi connectivity index (χ1v) is 8.05. The van der Waals surface area contributed by atoms with Crippen molar-refractivity contribution < 1.29 is 18.3 Å². The highest BCUT2D eigenvalue weighted by molar-refractivity contribution is 5.92. The van der Waals surface area contributed by atoms with Crippen LogP contribution in [0.3, 0.4) is 0 Å². The molecule has 3 aromatic rings. The minimum Gasteiger partial charge on any atom is -0.484 e. The van der Waals surface area contributed by atoms with Gasteiger partial charge < -0.3 is 14.1 Å². The van der Waals surface area contributed by atoms with Crippen molar-refractivity contribution in [3.8, 4) is 5.75 Å². The Bertz CT molecular complexity index is 883. The van der Waals surface area contributed by atoms with E-state index in [9.17, 15) is 9.18 Å². The fourth-order valence-electron chi connectivity index (χ4n) is 2.36. The molecule has 134 valence electrons. The monoisotopic (exact) mass is 355 g/mol. The van der Waals surface area contributed by atoms with Gasteiger partial charge in [-0.05, 0) is 31.2 Å². The Hall–Kier alpha value is -3.22. The van der Waals surface area contributed by atoms with Crippen LogP contribution in [0.25, 0.3) is 0 Å². The lowest BCUT2D eigenvalue weighted by molar-refractivity contribution is 0.0733. The zero-order chi connectivity index (χ0) is 18.5. The largest absolute Gasteiger partial charge is 0.484 e. The minimum absolute atomic E-state index is 0.00373. The minimum atomic E-state index is -0.393. The molecule has 1 amide bonds. The topological polar surface area (TPSA) is 68.5 Å². The van der Waals surface area contributed by atoms with Crippen LogP contribution in [0.15, 0.2) is 59.3 Å². The maximum atomic E-state index is 13.1. The lowest BCUT2D eigenvalue weighted by Gasteiger charge is -2.23. The Kier molecular flexibility index (Phi) is 5.26. The van der Waals surface area contributed by atoms with E-state index in [0.29, 0.717) is 5.75 Å². The van der Waals surface area contributed by atoms with Gasteiger partial charge in [0, 0.05) is 19.3 Å². The van der Waals surface area contributed by atoms with Crippen LogP contribution in [0.2, 0.25) is 0 Å². The molecule has 0 spiro atoms. The molecule has 0 bridgehead atoms. The smallest absolute Gasteiger partial charge is 0.276 e. The Morgan fingerprint density at radius 1 is 1.31 bits per heavy atom. The molecule has 0 aliphatic heterocycles. The summed E-state index contributed by atoms with van der Waals surface area (Å²) in [5.74, 6) is -0.0896. The third kappa shape index (κ3) is 4.05. The molecule has 7 heteroatoms. The maximum absolute atomic E-state index is 13.1. The molecule has 0 unspecified atom stereocenters. The summed E-state index contributed by atoms with van der Waals surface area (Å²) in [5.41, 5.74) is 0.953. The first kappa shape index (κ1) is 17.6. The van der Waals surface area contributed by atoms with Crippen LogP contribution in [0.5, 0.6) is 5.75 Å². The number of ether oxygens (including phenoxy) is 1. The van der Waals surface area contributed by atoms with E-state index in [4.69, 9.17) is 9.15 Å². The molecule has 1 aromatic carbocycles. The van der Waals surface area contributed by atoms with Crippen LogP contribution in [0.1, 0.15) is 35.0 Å². The SMILES string of the molecule is C[C@H](c1ccccn1)N(C)C(=O)c1coc(COc2cccc(F)c2)n1. The van der Waals surface area contributed by atoms with Crippen LogP contribution >= 0.6 is 0 Å².